The molecule has 1 heterocycles. The van der Waals surface area contributed by atoms with Gasteiger partial charge in [0.2, 0.25) is 5.95 Å². The summed E-state index contributed by atoms with van der Waals surface area (Å²) in [7, 11) is 0. The Balaban J connectivity index is 1.81. The van der Waals surface area contributed by atoms with Crippen LogP contribution in [0, 0.1) is 24.1 Å². The van der Waals surface area contributed by atoms with Crippen molar-refractivity contribution in [2.45, 2.75) is 6.92 Å². The Kier molecular flexibility index (Phi) is 4.85. The molecule has 1 amide bonds. The lowest BCUT2D eigenvalue weighted by molar-refractivity contribution is 0.102. The SMILES string of the molecule is Cc1cc(C(=O)Nc2cccc(C#N)c2)nc(Nc2ccc(F)cc2)n1. The molecule has 0 aliphatic heterocycles. The van der Waals surface area contributed by atoms with Gasteiger partial charge in [0, 0.05) is 17.1 Å². The highest BCUT2D eigenvalue weighted by Crippen LogP contribution is 2.16. The molecule has 2 N–H and O–H groups in total. The van der Waals surface area contributed by atoms with Gasteiger partial charge in [-0.25, -0.2) is 14.4 Å². The summed E-state index contributed by atoms with van der Waals surface area (Å²) in [4.78, 5) is 20.9. The van der Waals surface area contributed by atoms with E-state index >= 15 is 0 Å². The Bertz CT molecular complexity index is 996. The Labute approximate surface area is 149 Å². The minimum Gasteiger partial charge on any atom is -0.324 e. The third-order valence-electron chi connectivity index (χ3n) is 3.44. The van der Waals surface area contributed by atoms with Crippen LogP contribution in [0.15, 0.2) is 54.6 Å². The lowest BCUT2D eigenvalue weighted by Gasteiger charge is -2.09. The molecule has 0 bridgehead atoms. The molecule has 0 spiro atoms. The first-order valence-electron chi connectivity index (χ1n) is 7.73. The van der Waals surface area contributed by atoms with Gasteiger partial charge in [0.25, 0.3) is 5.91 Å². The van der Waals surface area contributed by atoms with Crippen molar-refractivity contribution in [2.75, 3.05) is 10.6 Å². The molecule has 128 valence electrons. The smallest absolute Gasteiger partial charge is 0.274 e. The van der Waals surface area contributed by atoms with Crippen LogP contribution in [0.3, 0.4) is 0 Å². The van der Waals surface area contributed by atoms with E-state index in [0.717, 1.165) is 0 Å². The second kappa shape index (κ2) is 7.40. The Morgan fingerprint density at radius 3 is 2.58 bits per heavy atom. The number of anilines is 3. The van der Waals surface area contributed by atoms with Crippen LogP contribution in [0.4, 0.5) is 21.7 Å². The summed E-state index contributed by atoms with van der Waals surface area (Å²) in [5, 5.41) is 14.6. The Morgan fingerprint density at radius 2 is 1.85 bits per heavy atom. The Morgan fingerprint density at radius 1 is 1.08 bits per heavy atom. The molecule has 3 aromatic rings. The molecule has 0 radical (unpaired) electrons. The fraction of sp³-hybridized carbons (Fsp3) is 0.0526. The van der Waals surface area contributed by atoms with Gasteiger partial charge in [-0.1, -0.05) is 6.07 Å². The molecule has 0 atom stereocenters. The number of hydrogen-bond donors (Lipinski definition) is 2. The lowest BCUT2D eigenvalue weighted by atomic mass is 10.2. The summed E-state index contributed by atoms with van der Waals surface area (Å²) < 4.78 is 13.0. The predicted octanol–water partition coefficient (Wildman–Crippen LogP) is 3.79. The molecule has 6 nitrogen and oxygen atoms in total. The summed E-state index contributed by atoms with van der Waals surface area (Å²) in [6.45, 7) is 1.74. The number of aryl methyl sites for hydroxylation is 1. The minimum atomic E-state index is -0.423. The third-order valence-corrected chi connectivity index (χ3v) is 3.44. The molecular formula is C19H14FN5O. The number of carbonyl (C=O) groups excluding carboxylic acids is 1. The maximum absolute atomic E-state index is 13.0. The average Bonchev–Trinajstić information content (AvgIpc) is 2.63. The first-order chi connectivity index (χ1) is 12.5. The van der Waals surface area contributed by atoms with Crippen LogP contribution in [0.25, 0.3) is 0 Å². The molecule has 0 unspecified atom stereocenters. The molecule has 0 aliphatic carbocycles. The van der Waals surface area contributed by atoms with E-state index in [0.29, 0.717) is 22.6 Å². The fourth-order valence-electron chi connectivity index (χ4n) is 2.26. The van der Waals surface area contributed by atoms with Gasteiger partial charge in [0.1, 0.15) is 11.5 Å². The van der Waals surface area contributed by atoms with Crippen LogP contribution in [0.2, 0.25) is 0 Å². The van der Waals surface area contributed by atoms with Crippen molar-refractivity contribution in [1.29, 1.82) is 5.26 Å². The van der Waals surface area contributed by atoms with Crippen LogP contribution in [0.5, 0.6) is 0 Å². The van der Waals surface area contributed by atoms with E-state index in [1.54, 1.807) is 49.4 Å². The normalized spacial score (nSPS) is 10.0. The van der Waals surface area contributed by atoms with E-state index in [4.69, 9.17) is 5.26 Å². The fourth-order valence-corrected chi connectivity index (χ4v) is 2.26. The number of nitrogens with zero attached hydrogens (tertiary/aromatic N) is 3. The van der Waals surface area contributed by atoms with E-state index in [-0.39, 0.29) is 17.5 Å². The highest BCUT2D eigenvalue weighted by molar-refractivity contribution is 6.03. The zero-order chi connectivity index (χ0) is 18.5. The standard InChI is InChI=1S/C19H14FN5O/c1-12-9-17(18(26)23-16-4-2-3-13(10-16)11-21)25-19(22-12)24-15-7-5-14(20)6-8-15/h2-10H,1H3,(H,23,26)(H,22,24,25). The molecule has 7 heteroatoms. The number of hydrogen-bond acceptors (Lipinski definition) is 5. The topological polar surface area (TPSA) is 90.7 Å². The number of carbonyl (C=O) groups is 1. The van der Waals surface area contributed by atoms with Gasteiger partial charge >= 0.3 is 0 Å². The van der Waals surface area contributed by atoms with Crippen LogP contribution in [0.1, 0.15) is 21.7 Å². The Hall–Kier alpha value is -3.79. The number of nitrogens with one attached hydrogen (secondary N) is 2. The molecule has 0 saturated carbocycles. The van der Waals surface area contributed by atoms with Gasteiger partial charge in [-0.3, -0.25) is 4.79 Å². The number of amides is 1. The molecule has 0 aliphatic rings. The number of aromatic nitrogens is 2. The molecule has 1 aromatic heterocycles. The maximum atomic E-state index is 13.0. The van der Waals surface area contributed by atoms with Crippen molar-refractivity contribution in [2.24, 2.45) is 0 Å². The molecular weight excluding hydrogens is 333 g/mol. The zero-order valence-electron chi connectivity index (χ0n) is 13.8. The summed E-state index contributed by atoms with van der Waals surface area (Å²) in [6, 6.07) is 15.9. The zero-order valence-corrected chi connectivity index (χ0v) is 13.8. The maximum Gasteiger partial charge on any atom is 0.274 e. The van der Waals surface area contributed by atoms with E-state index < -0.39 is 5.91 Å². The second-order valence-corrected chi connectivity index (χ2v) is 5.50. The van der Waals surface area contributed by atoms with Crippen LogP contribution in [-0.2, 0) is 0 Å². The average molecular weight is 347 g/mol. The van der Waals surface area contributed by atoms with E-state index in [2.05, 4.69) is 20.6 Å². The van der Waals surface area contributed by atoms with E-state index in [1.165, 1.54) is 12.1 Å². The predicted molar refractivity (Wildman–Crippen MR) is 95.6 cm³/mol. The molecule has 0 saturated heterocycles. The van der Waals surface area contributed by atoms with Gasteiger partial charge in [0.05, 0.1) is 11.6 Å². The van der Waals surface area contributed by atoms with Crippen molar-refractivity contribution in [3.8, 4) is 6.07 Å². The first kappa shape index (κ1) is 17.0. The van der Waals surface area contributed by atoms with Gasteiger partial charge in [-0.2, -0.15) is 5.26 Å². The van der Waals surface area contributed by atoms with E-state index in [9.17, 15) is 9.18 Å². The highest BCUT2D eigenvalue weighted by Gasteiger charge is 2.11. The second-order valence-electron chi connectivity index (χ2n) is 5.50. The molecule has 0 fully saturated rings. The van der Waals surface area contributed by atoms with Crippen LogP contribution >= 0.6 is 0 Å². The number of halogens is 1. The van der Waals surface area contributed by atoms with Crippen molar-refractivity contribution < 1.29 is 9.18 Å². The van der Waals surface area contributed by atoms with Crippen LogP contribution < -0.4 is 10.6 Å². The third kappa shape index (κ3) is 4.19. The van der Waals surface area contributed by atoms with Crippen molar-refractivity contribution in [3.63, 3.8) is 0 Å². The van der Waals surface area contributed by atoms with Crippen LogP contribution in [-0.4, -0.2) is 15.9 Å². The number of nitriles is 1. The van der Waals surface area contributed by atoms with Crippen molar-refractivity contribution in [1.82, 2.24) is 9.97 Å². The summed E-state index contributed by atoms with van der Waals surface area (Å²) in [5.74, 6) is -0.541. The van der Waals surface area contributed by atoms with E-state index in [1.807, 2.05) is 6.07 Å². The summed E-state index contributed by atoms with van der Waals surface area (Å²) in [6.07, 6.45) is 0. The van der Waals surface area contributed by atoms with Crippen molar-refractivity contribution >= 4 is 23.2 Å². The van der Waals surface area contributed by atoms with Gasteiger partial charge in [-0.15, -0.1) is 0 Å². The number of benzene rings is 2. The van der Waals surface area contributed by atoms with Gasteiger partial charge in [0.15, 0.2) is 0 Å². The molecule has 2 aromatic carbocycles. The lowest BCUT2D eigenvalue weighted by Crippen LogP contribution is -2.15. The summed E-state index contributed by atoms with van der Waals surface area (Å²) >= 11 is 0. The summed E-state index contributed by atoms with van der Waals surface area (Å²) in [5.41, 5.74) is 2.31. The quantitative estimate of drug-likeness (QED) is 0.749. The molecule has 3 rings (SSSR count). The highest BCUT2D eigenvalue weighted by atomic mass is 19.1. The number of rotatable bonds is 4. The monoisotopic (exact) mass is 347 g/mol. The molecule has 26 heavy (non-hydrogen) atoms. The largest absolute Gasteiger partial charge is 0.324 e. The van der Waals surface area contributed by atoms with Crippen molar-refractivity contribution in [3.05, 3.63) is 77.4 Å². The van der Waals surface area contributed by atoms with Gasteiger partial charge in [-0.05, 0) is 55.5 Å². The van der Waals surface area contributed by atoms with Gasteiger partial charge < -0.3 is 10.6 Å². The first-order valence-corrected chi connectivity index (χ1v) is 7.73. The minimum absolute atomic E-state index is 0.171.